The maximum Gasteiger partial charge on any atom is 0.356 e. The number of sulfone groups is 1. The Bertz CT molecular complexity index is 1130. The van der Waals surface area contributed by atoms with Gasteiger partial charge in [0.2, 0.25) is 0 Å². The van der Waals surface area contributed by atoms with E-state index >= 15 is 0 Å². The van der Waals surface area contributed by atoms with E-state index in [4.69, 9.17) is 0 Å². The van der Waals surface area contributed by atoms with E-state index in [1.54, 1.807) is 36.7 Å². The molecule has 0 saturated carbocycles. The van der Waals surface area contributed by atoms with Crippen LogP contribution in [0.5, 0.6) is 0 Å². The first-order chi connectivity index (χ1) is 11.9. The maximum absolute atomic E-state index is 12.6. The Balaban J connectivity index is 2.13. The van der Waals surface area contributed by atoms with E-state index in [0.717, 1.165) is 5.56 Å². The number of carbonyl (C=O) groups is 1. The van der Waals surface area contributed by atoms with Crippen LogP contribution in [0.1, 0.15) is 21.6 Å². The van der Waals surface area contributed by atoms with Crippen molar-refractivity contribution in [2.45, 2.75) is 17.6 Å². The van der Waals surface area contributed by atoms with Crippen molar-refractivity contribution >= 4 is 15.8 Å². The molecule has 4 rings (SSSR count). The molecule has 0 unspecified atom stereocenters. The van der Waals surface area contributed by atoms with Gasteiger partial charge in [-0.1, -0.05) is 18.2 Å². The molecule has 3 aromatic rings. The average molecular weight is 355 g/mol. The predicted octanol–water partition coefficient (Wildman–Crippen LogP) is 2.23. The zero-order valence-corrected chi connectivity index (χ0v) is 14.0. The minimum atomic E-state index is -3.62. The fraction of sp³-hybridized carbons (Fsp3) is 0.118. The first kappa shape index (κ1) is 15.5. The molecule has 0 spiro atoms. The van der Waals surface area contributed by atoms with Gasteiger partial charge in [-0.2, -0.15) is 5.10 Å². The van der Waals surface area contributed by atoms with Gasteiger partial charge in [0.05, 0.1) is 28.2 Å². The number of aromatic nitrogens is 3. The Morgan fingerprint density at radius 1 is 1.24 bits per heavy atom. The number of nitrogens with zero attached hydrogens (tertiary/aromatic N) is 3. The second kappa shape index (κ2) is 5.25. The third kappa shape index (κ3) is 2.25. The van der Waals surface area contributed by atoms with Gasteiger partial charge in [0.1, 0.15) is 0 Å². The molecule has 1 aromatic carbocycles. The molecule has 0 bridgehead atoms. The molecule has 0 aliphatic carbocycles. The molecule has 0 atom stereocenters. The molecular formula is C17H13N3O4S. The molecule has 25 heavy (non-hydrogen) atoms. The largest absolute Gasteiger partial charge is 0.476 e. The number of pyridine rings is 1. The quantitative estimate of drug-likeness (QED) is 0.756. The lowest BCUT2D eigenvalue weighted by atomic mass is 10.1. The van der Waals surface area contributed by atoms with Crippen LogP contribution in [0, 0.1) is 6.92 Å². The van der Waals surface area contributed by atoms with Gasteiger partial charge in [0.25, 0.3) is 0 Å². The van der Waals surface area contributed by atoms with Crippen LogP contribution >= 0.6 is 0 Å². The van der Waals surface area contributed by atoms with Crippen LogP contribution in [0.25, 0.3) is 16.9 Å². The highest BCUT2D eigenvalue weighted by atomic mass is 32.2. The molecular weight excluding hydrogens is 342 g/mol. The van der Waals surface area contributed by atoms with Crippen LogP contribution in [0.4, 0.5) is 0 Å². The Morgan fingerprint density at radius 2 is 2.00 bits per heavy atom. The zero-order chi connectivity index (χ0) is 17.8. The molecule has 0 radical (unpaired) electrons. The third-order valence-corrected chi connectivity index (χ3v) is 5.93. The lowest BCUT2D eigenvalue weighted by Gasteiger charge is -2.19. The van der Waals surface area contributed by atoms with Gasteiger partial charge in [0, 0.05) is 17.3 Å². The van der Waals surface area contributed by atoms with E-state index in [1.807, 2.05) is 6.92 Å². The van der Waals surface area contributed by atoms with E-state index in [2.05, 4.69) is 10.1 Å². The fourth-order valence-corrected chi connectivity index (χ4v) is 4.68. The Kier molecular flexibility index (Phi) is 3.26. The van der Waals surface area contributed by atoms with Gasteiger partial charge in [-0.3, -0.25) is 4.98 Å². The zero-order valence-electron chi connectivity index (χ0n) is 13.2. The van der Waals surface area contributed by atoms with Crippen LogP contribution in [0.15, 0.2) is 47.6 Å². The molecule has 126 valence electrons. The summed E-state index contributed by atoms with van der Waals surface area (Å²) in [6, 6.07) is 8.35. The Hall–Kier alpha value is -3.00. The van der Waals surface area contributed by atoms with Crippen LogP contribution in [-0.2, 0) is 15.6 Å². The summed E-state index contributed by atoms with van der Waals surface area (Å²) in [5, 5.41) is 13.7. The number of carboxylic acids is 1. The van der Waals surface area contributed by atoms with Crippen molar-refractivity contribution in [1.29, 1.82) is 0 Å². The first-order valence-electron chi connectivity index (χ1n) is 7.48. The fourth-order valence-electron chi connectivity index (χ4n) is 3.09. The summed E-state index contributed by atoms with van der Waals surface area (Å²) in [6.45, 7) is 1.86. The van der Waals surface area contributed by atoms with E-state index in [0.29, 0.717) is 16.9 Å². The van der Waals surface area contributed by atoms with Gasteiger partial charge in [-0.15, -0.1) is 0 Å². The van der Waals surface area contributed by atoms with Gasteiger partial charge >= 0.3 is 5.97 Å². The molecule has 0 fully saturated rings. The highest BCUT2D eigenvalue weighted by molar-refractivity contribution is 7.90. The van der Waals surface area contributed by atoms with Gasteiger partial charge in [-0.25, -0.2) is 17.9 Å². The maximum atomic E-state index is 12.6. The molecule has 1 aliphatic rings. The van der Waals surface area contributed by atoms with Crippen molar-refractivity contribution in [1.82, 2.24) is 14.8 Å². The number of carboxylic acid groups (broad SMARTS) is 1. The Labute approximate surface area is 143 Å². The molecule has 3 heterocycles. The number of hydrogen-bond acceptors (Lipinski definition) is 5. The summed E-state index contributed by atoms with van der Waals surface area (Å²) in [5.41, 5.74) is 2.35. The lowest BCUT2D eigenvalue weighted by Crippen LogP contribution is -2.15. The topological polar surface area (TPSA) is 102 Å². The molecule has 0 amide bonds. The molecule has 0 saturated heterocycles. The van der Waals surface area contributed by atoms with Crippen LogP contribution in [0.2, 0.25) is 0 Å². The minimum absolute atomic E-state index is 0.183. The summed E-state index contributed by atoms with van der Waals surface area (Å²) in [5.74, 6) is -1.65. The summed E-state index contributed by atoms with van der Waals surface area (Å²) >= 11 is 0. The van der Waals surface area contributed by atoms with Crippen molar-refractivity contribution < 1.29 is 18.3 Å². The van der Waals surface area contributed by atoms with Gasteiger partial charge < -0.3 is 5.11 Å². The molecule has 7 nitrogen and oxygen atoms in total. The van der Waals surface area contributed by atoms with Crippen molar-refractivity contribution in [2.24, 2.45) is 0 Å². The summed E-state index contributed by atoms with van der Waals surface area (Å²) < 4.78 is 26.6. The van der Waals surface area contributed by atoms with Crippen molar-refractivity contribution in [3.05, 3.63) is 59.5 Å². The van der Waals surface area contributed by atoms with E-state index in [1.165, 1.54) is 10.7 Å². The molecule has 2 aromatic heterocycles. The van der Waals surface area contributed by atoms with Gasteiger partial charge in [-0.05, 0) is 24.6 Å². The molecule has 8 heteroatoms. The normalized spacial score (nSPS) is 14.6. The number of aromatic carboxylic acids is 1. The smallest absolute Gasteiger partial charge is 0.356 e. The average Bonchev–Trinajstić information content (AvgIpc) is 2.94. The minimum Gasteiger partial charge on any atom is -0.476 e. The summed E-state index contributed by atoms with van der Waals surface area (Å²) in [4.78, 5) is 15.9. The summed E-state index contributed by atoms with van der Waals surface area (Å²) in [6.07, 6.45) is 3.21. The highest BCUT2D eigenvalue weighted by Crippen LogP contribution is 2.40. The van der Waals surface area contributed by atoms with Crippen molar-refractivity contribution in [3.63, 3.8) is 0 Å². The van der Waals surface area contributed by atoms with Crippen LogP contribution in [0.3, 0.4) is 0 Å². The lowest BCUT2D eigenvalue weighted by molar-refractivity contribution is 0.0689. The van der Waals surface area contributed by atoms with Gasteiger partial charge in [0.15, 0.2) is 15.5 Å². The number of aryl methyl sites for hydroxylation is 1. The number of hydrogen-bond donors (Lipinski definition) is 1. The molecule has 1 aliphatic heterocycles. The van der Waals surface area contributed by atoms with Crippen LogP contribution in [-0.4, -0.2) is 34.3 Å². The SMILES string of the molecule is Cc1ccncc1-n1nc(C(=O)O)c2c1-c1ccccc1S(=O)(=O)C2. The monoisotopic (exact) mass is 355 g/mol. The second-order valence-electron chi connectivity index (χ2n) is 5.81. The highest BCUT2D eigenvalue weighted by Gasteiger charge is 2.36. The predicted molar refractivity (Wildman–Crippen MR) is 89.4 cm³/mol. The van der Waals surface area contributed by atoms with Crippen molar-refractivity contribution in [2.75, 3.05) is 0 Å². The first-order valence-corrected chi connectivity index (χ1v) is 9.13. The van der Waals surface area contributed by atoms with E-state index in [-0.39, 0.29) is 21.9 Å². The number of fused-ring (bicyclic) bond motifs is 3. The van der Waals surface area contributed by atoms with Crippen molar-refractivity contribution in [3.8, 4) is 16.9 Å². The standard InChI is InChI=1S/C17H13N3O4S/c1-10-6-7-18-8-13(10)20-16-11-4-2-3-5-14(11)25(23,24)9-12(16)15(19-20)17(21)22/h2-8H,9H2,1H3,(H,21,22). The second-order valence-corrected chi connectivity index (χ2v) is 7.77. The third-order valence-electron chi connectivity index (χ3n) is 4.24. The van der Waals surface area contributed by atoms with E-state index < -0.39 is 15.8 Å². The Morgan fingerprint density at radius 3 is 2.72 bits per heavy atom. The van der Waals surface area contributed by atoms with E-state index in [9.17, 15) is 18.3 Å². The molecule has 1 N–H and O–H groups in total. The number of benzene rings is 1. The summed E-state index contributed by atoms with van der Waals surface area (Å²) in [7, 11) is -3.62. The van der Waals surface area contributed by atoms with Crippen LogP contribution < -0.4 is 0 Å². The number of rotatable bonds is 2.